The Balaban J connectivity index is 2.05. The van der Waals surface area contributed by atoms with Crippen molar-refractivity contribution in [2.24, 2.45) is 5.73 Å². The first-order chi connectivity index (χ1) is 13.9. The van der Waals surface area contributed by atoms with Crippen LogP contribution in [0.1, 0.15) is 37.8 Å². The van der Waals surface area contributed by atoms with E-state index >= 15 is 0 Å². The summed E-state index contributed by atoms with van der Waals surface area (Å²) >= 11 is 0. The van der Waals surface area contributed by atoms with Gasteiger partial charge in [-0.3, -0.25) is 0 Å². The van der Waals surface area contributed by atoms with Crippen LogP contribution < -0.4 is 11.1 Å². The number of aryl methyl sites for hydroxylation is 1. The van der Waals surface area contributed by atoms with Crippen LogP contribution in [0.3, 0.4) is 0 Å². The lowest BCUT2D eigenvalue weighted by Crippen LogP contribution is -2.49. The van der Waals surface area contributed by atoms with Crippen LogP contribution in [0.2, 0.25) is 0 Å². The van der Waals surface area contributed by atoms with Crippen LogP contribution in [-0.4, -0.2) is 37.4 Å². The summed E-state index contributed by atoms with van der Waals surface area (Å²) in [5, 5.41) is 1.64. The number of sulfone groups is 1. The molecule has 3 atom stereocenters. The van der Waals surface area contributed by atoms with Crippen molar-refractivity contribution in [3.63, 3.8) is 0 Å². The quantitative estimate of drug-likeness (QED) is 0.752. The van der Waals surface area contributed by atoms with Crippen LogP contribution in [-0.2, 0) is 14.6 Å². The summed E-state index contributed by atoms with van der Waals surface area (Å²) in [5.41, 5.74) is 5.31. The van der Waals surface area contributed by atoms with Crippen LogP contribution in [0, 0.1) is 12.7 Å². The van der Waals surface area contributed by atoms with Crippen molar-refractivity contribution >= 4 is 15.9 Å². The molecule has 3 rings (SSSR count). The first kappa shape index (κ1) is 22.2. The number of hydrogen-bond donors (Lipinski definition) is 2. The maximum atomic E-state index is 13.9. The molecule has 1 saturated carbocycles. The summed E-state index contributed by atoms with van der Waals surface area (Å²) in [6.07, 6.45) is -0.768. The first-order valence-corrected chi connectivity index (χ1v) is 11.2. The Morgan fingerprint density at radius 3 is 2.37 bits per heavy atom. The maximum absolute atomic E-state index is 13.9. The number of amides is 1. The molecule has 3 N–H and O–H groups in total. The molecule has 2 aromatic rings. The summed E-state index contributed by atoms with van der Waals surface area (Å²) in [4.78, 5) is 12.6. The van der Waals surface area contributed by atoms with Gasteiger partial charge in [-0.25, -0.2) is 17.6 Å². The van der Waals surface area contributed by atoms with Gasteiger partial charge in [0.15, 0.2) is 9.84 Å². The van der Waals surface area contributed by atoms with Crippen molar-refractivity contribution in [1.82, 2.24) is 5.32 Å². The smallest absolute Gasteiger partial charge is 0.408 e. The molecule has 0 radical (unpaired) electrons. The highest BCUT2D eigenvalue weighted by atomic mass is 32.2. The van der Waals surface area contributed by atoms with Gasteiger partial charge in [-0.1, -0.05) is 29.8 Å². The van der Waals surface area contributed by atoms with E-state index in [0.29, 0.717) is 5.56 Å². The summed E-state index contributed by atoms with van der Waals surface area (Å²) in [6, 6.07) is 12.2. The molecule has 0 spiro atoms. The molecule has 1 aliphatic rings. The number of nitrogens with one attached hydrogen (secondary N) is 1. The topological polar surface area (TPSA) is 98.5 Å². The van der Waals surface area contributed by atoms with Gasteiger partial charge in [0.1, 0.15) is 16.7 Å². The summed E-state index contributed by atoms with van der Waals surface area (Å²) in [5.74, 6) is -1.20. The highest BCUT2D eigenvalue weighted by Gasteiger charge is 2.71. The largest absolute Gasteiger partial charge is 0.444 e. The lowest BCUT2D eigenvalue weighted by Gasteiger charge is -2.24. The Bertz CT molecular complexity index is 1050. The molecule has 2 aromatic carbocycles. The fourth-order valence-electron chi connectivity index (χ4n) is 3.84. The molecule has 6 nitrogen and oxygen atoms in total. The minimum absolute atomic E-state index is 0.126. The van der Waals surface area contributed by atoms with Crippen LogP contribution in [0.25, 0.3) is 0 Å². The van der Waals surface area contributed by atoms with E-state index in [1.807, 2.05) is 6.92 Å². The van der Waals surface area contributed by atoms with Crippen molar-refractivity contribution in [3.05, 3.63) is 65.5 Å². The number of carbonyl (C=O) groups excluding carboxylic acids is 1. The third-order valence-corrected chi connectivity index (χ3v) is 7.51. The van der Waals surface area contributed by atoms with Crippen LogP contribution in [0.4, 0.5) is 9.18 Å². The van der Waals surface area contributed by atoms with Gasteiger partial charge in [-0.2, -0.15) is 0 Å². The Morgan fingerprint density at radius 1 is 1.20 bits per heavy atom. The normalized spacial score (nSPS) is 23.7. The van der Waals surface area contributed by atoms with Crippen LogP contribution >= 0.6 is 0 Å². The second-order valence-electron chi connectivity index (χ2n) is 8.68. The van der Waals surface area contributed by atoms with Gasteiger partial charge in [0, 0.05) is 12.5 Å². The predicted octanol–water partition coefficient (Wildman–Crippen LogP) is 3.30. The number of carbonyl (C=O) groups is 1. The van der Waals surface area contributed by atoms with Crippen molar-refractivity contribution in [3.8, 4) is 0 Å². The molecule has 0 aliphatic heterocycles. The molecule has 30 heavy (non-hydrogen) atoms. The molecule has 0 heterocycles. The lowest BCUT2D eigenvalue weighted by molar-refractivity contribution is 0.0497. The third kappa shape index (κ3) is 4.20. The minimum atomic E-state index is -3.87. The van der Waals surface area contributed by atoms with E-state index in [9.17, 15) is 17.6 Å². The van der Waals surface area contributed by atoms with E-state index in [1.165, 1.54) is 30.3 Å². The first-order valence-electron chi connectivity index (χ1n) is 9.68. The number of benzene rings is 2. The molecular weight excluding hydrogens is 407 g/mol. The molecular formula is C22H27FN2O4S. The zero-order valence-corrected chi connectivity index (χ0v) is 18.3. The number of nitrogens with two attached hydrogens (primary N) is 1. The highest BCUT2D eigenvalue weighted by Crippen LogP contribution is 2.57. The van der Waals surface area contributed by atoms with E-state index in [0.717, 1.165) is 5.56 Å². The van der Waals surface area contributed by atoms with Gasteiger partial charge >= 0.3 is 6.09 Å². The number of halogens is 1. The molecule has 0 aromatic heterocycles. The Hall–Kier alpha value is -2.45. The number of rotatable bonds is 5. The SMILES string of the molecule is Cc1ccc(S(=O)(=O)[C@@H]2[C@H](c3cccc(F)c3)[C@@]2(CN)NC(=O)OC(C)(C)C)cc1. The Morgan fingerprint density at radius 2 is 1.83 bits per heavy atom. The van der Waals surface area contributed by atoms with E-state index in [1.54, 1.807) is 39.0 Å². The van der Waals surface area contributed by atoms with E-state index in [4.69, 9.17) is 10.5 Å². The molecule has 1 aliphatic carbocycles. The fourth-order valence-corrected chi connectivity index (χ4v) is 6.19. The van der Waals surface area contributed by atoms with Crippen molar-refractivity contribution in [1.29, 1.82) is 0 Å². The molecule has 1 fully saturated rings. The number of ether oxygens (including phenoxy) is 1. The lowest BCUT2D eigenvalue weighted by atomic mass is 10.1. The maximum Gasteiger partial charge on any atom is 0.408 e. The highest BCUT2D eigenvalue weighted by molar-refractivity contribution is 7.92. The summed E-state index contributed by atoms with van der Waals surface area (Å²) in [7, 11) is -3.87. The molecule has 0 saturated heterocycles. The van der Waals surface area contributed by atoms with Gasteiger partial charge in [0.25, 0.3) is 0 Å². The number of alkyl carbamates (subject to hydrolysis) is 1. The van der Waals surface area contributed by atoms with Crippen molar-refractivity contribution < 1.29 is 22.3 Å². The minimum Gasteiger partial charge on any atom is -0.444 e. The second kappa shape index (κ2) is 7.67. The van der Waals surface area contributed by atoms with Gasteiger partial charge < -0.3 is 15.8 Å². The van der Waals surface area contributed by atoms with Gasteiger partial charge in [0.2, 0.25) is 0 Å². The molecule has 8 heteroatoms. The zero-order valence-electron chi connectivity index (χ0n) is 17.5. The standard InChI is InChI=1S/C22H27FN2O4S/c1-14-8-10-17(11-9-14)30(27,28)19-18(15-6-5-7-16(23)12-15)22(19,13-24)25-20(26)29-21(2,3)4/h5-12,18-19H,13,24H2,1-4H3,(H,25,26)/t18-,19+,22+/m0/s1. The average molecular weight is 435 g/mol. The van der Waals surface area contributed by atoms with Crippen LogP contribution in [0.5, 0.6) is 0 Å². The molecule has 0 bridgehead atoms. The second-order valence-corrected chi connectivity index (χ2v) is 10.8. The molecule has 0 unspecified atom stereocenters. The monoisotopic (exact) mass is 434 g/mol. The Kier molecular flexibility index (Phi) is 5.68. The fraction of sp³-hybridized carbons (Fsp3) is 0.409. The molecule has 1 amide bonds. The average Bonchev–Trinajstić information content (AvgIpc) is 3.30. The van der Waals surface area contributed by atoms with Crippen LogP contribution in [0.15, 0.2) is 53.4 Å². The third-order valence-electron chi connectivity index (χ3n) is 5.22. The van der Waals surface area contributed by atoms with Crippen molar-refractivity contribution in [2.45, 2.75) is 54.9 Å². The number of hydrogen-bond acceptors (Lipinski definition) is 5. The van der Waals surface area contributed by atoms with E-state index < -0.39 is 44.1 Å². The molecule has 162 valence electrons. The van der Waals surface area contributed by atoms with Gasteiger partial charge in [-0.05, 0) is 57.5 Å². The summed E-state index contributed by atoms with van der Waals surface area (Å²) < 4.78 is 46.2. The van der Waals surface area contributed by atoms with Gasteiger partial charge in [-0.15, -0.1) is 0 Å². The predicted molar refractivity (Wildman–Crippen MR) is 112 cm³/mol. The Labute approximate surface area is 176 Å². The van der Waals surface area contributed by atoms with Gasteiger partial charge in [0.05, 0.1) is 10.4 Å². The zero-order chi connectivity index (χ0) is 22.3. The van der Waals surface area contributed by atoms with E-state index in [2.05, 4.69) is 5.32 Å². The summed E-state index contributed by atoms with van der Waals surface area (Å²) in [6.45, 7) is 6.83. The van der Waals surface area contributed by atoms with Crippen molar-refractivity contribution in [2.75, 3.05) is 6.54 Å². The van der Waals surface area contributed by atoms with E-state index in [-0.39, 0.29) is 11.4 Å².